The molecule has 1 saturated carbocycles. The lowest BCUT2D eigenvalue weighted by molar-refractivity contribution is -0.137. The van der Waals surface area contributed by atoms with Gasteiger partial charge in [0.15, 0.2) is 0 Å². The summed E-state index contributed by atoms with van der Waals surface area (Å²) in [6, 6.07) is 8.10. The second-order valence-electron chi connectivity index (χ2n) is 5.59. The van der Waals surface area contributed by atoms with Gasteiger partial charge in [0.25, 0.3) is 0 Å². The lowest BCUT2D eigenvalue weighted by atomic mass is 10.0. The fourth-order valence-corrected chi connectivity index (χ4v) is 2.48. The number of alkyl halides is 3. The van der Waals surface area contributed by atoms with Gasteiger partial charge in [-0.05, 0) is 42.2 Å². The van der Waals surface area contributed by atoms with E-state index < -0.39 is 17.8 Å². The zero-order valence-corrected chi connectivity index (χ0v) is 11.4. The predicted molar refractivity (Wildman–Crippen MR) is 70.7 cm³/mol. The molecule has 1 heterocycles. The SMILES string of the molecule is CC1CC1c1ccc(C(O)c2cccc(C(F)(F)F)c2)o1. The standard InChI is InChI=1S/C16H15F3O2/c1-9-7-12(9)13-5-6-14(21-13)15(20)10-3-2-4-11(8-10)16(17,18)19/h2-6,8-9,12,15,20H,7H2,1H3. The van der Waals surface area contributed by atoms with Crippen LogP contribution in [0.3, 0.4) is 0 Å². The molecule has 5 heteroatoms. The molecular formula is C16H15F3O2. The third-order valence-electron chi connectivity index (χ3n) is 3.92. The maximum absolute atomic E-state index is 12.7. The Morgan fingerprint density at radius 3 is 2.57 bits per heavy atom. The first kappa shape index (κ1) is 14.2. The van der Waals surface area contributed by atoms with Crippen LogP contribution < -0.4 is 0 Å². The number of benzene rings is 1. The van der Waals surface area contributed by atoms with E-state index in [0.29, 0.717) is 11.8 Å². The molecule has 3 rings (SSSR count). The van der Waals surface area contributed by atoms with Gasteiger partial charge in [0.05, 0.1) is 5.56 Å². The van der Waals surface area contributed by atoms with Crippen LogP contribution in [0.4, 0.5) is 13.2 Å². The second-order valence-corrected chi connectivity index (χ2v) is 5.59. The number of hydrogen-bond acceptors (Lipinski definition) is 2. The van der Waals surface area contributed by atoms with E-state index in [1.807, 2.05) is 0 Å². The lowest BCUT2D eigenvalue weighted by Gasteiger charge is -2.12. The molecule has 0 bridgehead atoms. The number of hydrogen-bond donors (Lipinski definition) is 1. The van der Waals surface area contributed by atoms with Crippen molar-refractivity contribution >= 4 is 0 Å². The zero-order valence-electron chi connectivity index (χ0n) is 11.4. The Balaban J connectivity index is 1.84. The molecule has 0 aliphatic heterocycles. The number of aliphatic hydroxyl groups is 1. The Labute approximate surface area is 120 Å². The van der Waals surface area contributed by atoms with Gasteiger partial charge in [-0.1, -0.05) is 19.1 Å². The highest BCUT2D eigenvalue weighted by Gasteiger charge is 2.37. The summed E-state index contributed by atoms with van der Waals surface area (Å²) in [6.07, 6.45) is -4.56. The summed E-state index contributed by atoms with van der Waals surface area (Å²) in [5.74, 6) is 2.01. The van der Waals surface area contributed by atoms with Gasteiger partial charge >= 0.3 is 6.18 Å². The molecule has 21 heavy (non-hydrogen) atoms. The largest absolute Gasteiger partial charge is 0.463 e. The first-order valence-corrected chi connectivity index (χ1v) is 6.81. The molecular weight excluding hydrogens is 281 g/mol. The third-order valence-corrected chi connectivity index (χ3v) is 3.92. The average Bonchev–Trinajstić information content (AvgIpc) is 2.99. The van der Waals surface area contributed by atoms with E-state index in [0.717, 1.165) is 24.3 Å². The number of rotatable bonds is 3. The summed E-state index contributed by atoms with van der Waals surface area (Å²) in [6.45, 7) is 2.11. The second kappa shape index (κ2) is 4.91. The van der Waals surface area contributed by atoms with E-state index in [1.165, 1.54) is 12.1 Å². The van der Waals surface area contributed by atoms with Crippen LogP contribution in [0.2, 0.25) is 0 Å². The van der Waals surface area contributed by atoms with Crippen LogP contribution in [-0.2, 0) is 6.18 Å². The van der Waals surface area contributed by atoms with E-state index in [-0.39, 0.29) is 11.3 Å². The van der Waals surface area contributed by atoms with Crippen molar-refractivity contribution in [1.82, 2.24) is 0 Å². The van der Waals surface area contributed by atoms with Crippen molar-refractivity contribution in [3.8, 4) is 0 Å². The molecule has 0 saturated heterocycles. The molecule has 0 amide bonds. The lowest BCUT2D eigenvalue weighted by Crippen LogP contribution is -2.07. The van der Waals surface area contributed by atoms with Crippen LogP contribution in [-0.4, -0.2) is 5.11 Å². The monoisotopic (exact) mass is 296 g/mol. The van der Waals surface area contributed by atoms with Gasteiger partial charge in [0.1, 0.15) is 17.6 Å². The van der Waals surface area contributed by atoms with Crippen LogP contribution in [0.25, 0.3) is 0 Å². The summed E-state index contributed by atoms with van der Waals surface area (Å²) < 4.78 is 43.7. The zero-order chi connectivity index (χ0) is 15.2. The van der Waals surface area contributed by atoms with E-state index in [4.69, 9.17) is 4.42 Å². The quantitative estimate of drug-likeness (QED) is 0.904. The highest BCUT2D eigenvalue weighted by Crippen LogP contribution is 2.47. The first-order valence-electron chi connectivity index (χ1n) is 6.81. The molecule has 112 valence electrons. The minimum absolute atomic E-state index is 0.176. The number of aliphatic hydroxyl groups excluding tert-OH is 1. The van der Waals surface area contributed by atoms with Crippen molar-refractivity contribution in [2.24, 2.45) is 5.92 Å². The van der Waals surface area contributed by atoms with Gasteiger partial charge in [-0.15, -0.1) is 0 Å². The molecule has 1 aliphatic carbocycles. The van der Waals surface area contributed by atoms with E-state index in [9.17, 15) is 18.3 Å². The highest BCUT2D eigenvalue weighted by atomic mass is 19.4. The van der Waals surface area contributed by atoms with Crippen molar-refractivity contribution in [2.45, 2.75) is 31.5 Å². The van der Waals surface area contributed by atoms with Gasteiger partial charge < -0.3 is 9.52 Å². The highest BCUT2D eigenvalue weighted by molar-refractivity contribution is 5.31. The van der Waals surface area contributed by atoms with E-state index >= 15 is 0 Å². The average molecular weight is 296 g/mol. The van der Waals surface area contributed by atoms with Gasteiger partial charge in [0, 0.05) is 5.92 Å². The summed E-state index contributed by atoms with van der Waals surface area (Å²) in [4.78, 5) is 0. The van der Waals surface area contributed by atoms with Crippen LogP contribution >= 0.6 is 0 Å². The summed E-state index contributed by atoms with van der Waals surface area (Å²) in [5.41, 5.74) is -0.601. The Kier molecular flexibility index (Phi) is 3.32. The molecule has 1 aromatic carbocycles. The van der Waals surface area contributed by atoms with Crippen molar-refractivity contribution in [3.05, 3.63) is 59.0 Å². The Morgan fingerprint density at radius 1 is 1.24 bits per heavy atom. The van der Waals surface area contributed by atoms with E-state index in [2.05, 4.69) is 6.92 Å². The Bertz CT molecular complexity index is 645. The van der Waals surface area contributed by atoms with E-state index in [1.54, 1.807) is 12.1 Å². The fourth-order valence-electron chi connectivity index (χ4n) is 2.48. The molecule has 3 unspecified atom stereocenters. The fraction of sp³-hybridized carbons (Fsp3) is 0.375. The molecule has 3 atom stereocenters. The molecule has 1 aromatic heterocycles. The summed E-state index contributed by atoms with van der Waals surface area (Å²) >= 11 is 0. The minimum Gasteiger partial charge on any atom is -0.463 e. The molecule has 1 aliphatic rings. The van der Waals surface area contributed by atoms with Crippen LogP contribution in [0.5, 0.6) is 0 Å². The number of furan rings is 1. The van der Waals surface area contributed by atoms with Crippen molar-refractivity contribution in [2.75, 3.05) is 0 Å². The normalized spacial score (nSPS) is 23.1. The Hall–Kier alpha value is -1.75. The van der Waals surface area contributed by atoms with Crippen molar-refractivity contribution in [3.63, 3.8) is 0 Å². The third kappa shape index (κ3) is 2.83. The topological polar surface area (TPSA) is 33.4 Å². The molecule has 0 radical (unpaired) electrons. The van der Waals surface area contributed by atoms with Crippen molar-refractivity contribution < 1.29 is 22.7 Å². The molecule has 1 N–H and O–H groups in total. The Morgan fingerprint density at radius 2 is 1.95 bits per heavy atom. The van der Waals surface area contributed by atoms with Gasteiger partial charge in [-0.25, -0.2) is 0 Å². The number of halogens is 3. The van der Waals surface area contributed by atoms with Crippen LogP contribution in [0.15, 0.2) is 40.8 Å². The van der Waals surface area contributed by atoms with Gasteiger partial charge in [0.2, 0.25) is 0 Å². The minimum atomic E-state index is -4.42. The maximum atomic E-state index is 12.7. The molecule has 1 fully saturated rings. The summed E-state index contributed by atoms with van der Waals surface area (Å²) in [7, 11) is 0. The van der Waals surface area contributed by atoms with Crippen molar-refractivity contribution in [1.29, 1.82) is 0 Å². The van der Waals surface area contributed by atoms with Crippen LogP contribution in [0.1, 0.15) is 48.0 Å². The maximum Gasteiger partial charge on any atom is 0.416 e. The van der Waals surface area contributed by atoms with Gasteiger partial charge in [-0.3, -0.25) is 0 Å². The first-order chi connectivity index (χ1) is 9.86. The molecule has 0 spiro atoms. The van der Waals surface area contributed by atoms with Gasteiger partial charge in [-0.2, -0.15) is 13.2 Å². The molecule has 2 nitrogen and oxygen atoms in total. The smallest absolute Gasteiger partial charge is 0.416 e. The van der Waals surface area contributed by atoms with Crippen LogP contribution in [0, 0.1) is 5.92 Å². The summed E-state index contributed by atoms with van der Waals surface area (Å²) in [5, 5.41) is 10.2. The molecule has 2 aromatic rings. The predicted octanol–water partition coefficient (Wildman–Crippen LogP) is 4.50.